The summed E-state index contributed by atoms with van der Waals surface area (Å²) in [6.45, 7) is 1.96. The van der Waals surface area contributed by atoms with Crippen LogP contribution in [0.2, 0.25) is 5.02 Å². The molecule has 2 aromatic heterocycles. The molecule has 0 amide bonds. The monoisotopic (exact) mass is 254 g/mol. The molecule has 0 radical (unpaired) electrons. The molecule has 2 nitrogen and oxygen atoms in total. The molecule has 2 heterocycles. The molecule has 0 aliphatic heterocycles. The van der Waals surface area contributed by atoms with Crippen molar-refractivity contribution in [3.63, 3.8) is 0 Å². The zero-order chi connectivity index (χ0) is 12.5. The number of halogens is 1. The maximum Gasteiger partial charge on any atom is 0.0740 e. The van der Waals surface area contributed by atoms with Crippen molar-refractivity contribution in [3.05, 3.63) is 59.4 Å². The van der Waals surface area contributed by atoms with Gasteiger partial charge >= 0.3 is 0 Å². The second-order valence-electron chi connectivity index (χ2n) is 4.19. The summed E-state index contributed by atoms with van der Waals surface area (Å²) in [6.07, 6.45) is 1.82. The van der Waals surface area contributed by atoms with Crippen molar-refractivity contribution >= 4 is 22.5 Å². The lowest BCUT2D eigenvalue weighted by molar-refractivity contribution is 1.20. The van der Waals surface area contributed by atoms with Gasteiger partial charge in [-0.3, -0.25) is 4.98 Å². The molecule has 3 heteroatoms. The van der Waals surface area contributed by atoms with Gasteiger partial charge < -0.3 is 0 Å². The smallest absolute Gasteiger partial charge is 0.0740 e. The average molecular weight is 255 g/mol. The minimum absolute atomic E-state index is 0.719. The first-order valence-corrected chi connectivity index (χ1v) is 6.10. The zero-order valence-corrected chi connectivity index (χ0v) is 10.6. The lowest BCUT2D eigenvalue weighted by Gasteiger charge is -2.05. The van der Waals surface area contributed by atoms with Crippen LogP contribution in [0.5, 0.6) is 0 Å². The summed E-state index contributed by atoms with van der Waals surface area (Å²) in [5.41, 5.74) is 3.73. The van der Waals surface area contributed by atoms with Crippen molar-refractivity contribution in [1.29, 1.82) is 0 Å². The fraction of sp³-hybridized carbons (Fsp3) is 0.0667. The second-order valence-corrected chi connectivity index (χ2v) is 4.60. The molecule has 0 aliphatic rings. The molecule has 3 rings (SSSR count). The van der Waals surface area contributed by atoms with E-state index in [0.29, 0.717) is 0 Å². The van der Waals surface area contributed by atoms with E-state index in [2.05, 4.69) is 9.97 Å². The highest BCUT2D eigenvalue weighted by molar-refractivity contribution is 6.35. The Balaban J connectivity index is 2.21. The molecule has 0 aliphatic carbocycles. The van der Waals surface area contributed by atoms with Gasteiger partial charge in [-0.1, -0.05) is 29.8 Å². The fourth-order valence-electron chi connectivity index (χ4n) is 1.90. The van der Waals surface area contributed by atoms with Crippen LogP contribution in [0.4, 0.5) is 0 Å². The Kier molecular flexibility index (Phi) is 2.73. The third-order valence-corrected chi connectivity index (χ3v) is 3.19. The van der Waals surface area contributed by atoms with E-state index in [0.717, 1.165) is 32.9 Å². The van der Waals surface area contributed by atoms with E-state index in [1.807, 2.05) is 55.6 Å². The van der Waals surface area contributed by atoms with Crippen LogP contribution >= 0.6 is 11.6 Å². The second kappa shape index (κ2) is 4.39. The Labute approximate surface area is 110 Å². The van der Waals surface area contributed by atoms with Crippen LogP contribution in [0, 0.1) is 6.92 Å². The van der Waals surface area contributed by atoms with Crippen molar-refractivity contribution in [2.45, 2.75) is 6.92 Å². The van der Waals surface area contributed by atoms with Gasteiger partial charge in [-0.15, -0.1) is 0 Å². The number of benzene rings is 1. The molecule has 1 aromatic carbocycles. The number of fused-ring (bicyclic) bond motifs is 1. The Morgan fingerprint density at radius 2 is 1.89 bits per heavy atom. The van der Waals surface area contributed by atoms with E-state index >= 15 is 0 Å². The lowest BCUT2D eigenvalue weighted by atomic mass is 10.1. The number of para-hydroxylation sites is 1. The molecular weight excluding hydrogens is 244 g/mol. The summed E-state index contributed by atoms with van der Waals surface area (Å²) in [5, 5.41) is 1.69. The van der Waals surface area contributed by atoms with E-state index in [-0.39, 0.29) is 0 Å². The van der Waals surface area contributed by atoms with Crippen LogP contribution in [0.3, 0.4) is 0 Å². The van der Waals surface area contributed by atoms with Gasteiger partial charge in [-0.25, -0.2) is 4.98 Å². The lowest BCUT2D eigenvalue weighted by Crippen LogP contribution is -1.88. The number of hydrogen-bond donors (Lipinski definition) is 0. The molecule has 0 atom stereocenters. The quantitative estimate of drug-likeness (QED) is 0.648. The van der Waals surface area contributed by atoms with E-state index in [1.165, 1.54) is 0 Å². The third kappa shape index (κ3) is 1.95. The van der Waals surface area contributed by atoms with E-state index in [4.69, 9.17) is 11.6 Å². The normalized spacial score (nSPS) is 10.8. The van der Waals surface area contributed by atoms with E-state index < -0.39 is 0 Å². The van der Waals surface area contributed by atoms with Crippen LogP contribution < -0.4 is 0 Å². The SMILES string of the molecule is Cc1ccc(-c2cc(Cl)c3ccccc3n2)cn1. The molecule has 0 unspecified atom stereocenters. The number of aryl methyl sites for hydroxylation is 1. The minimum atomic E-state index is 0.719. The van der Waals surface area contributed by atoms with Crippen LogP contribution in [-0.4, -0.2) is 9.97 Å². The maximum atomic E-state index is 6.28. The predicted octanol–water partition coefficient (Wildman–Crippen LogP) is 4.26. The Morgan fingerprint density at radius 1 is 1.06 bits per heavy atom. The number of aromatic nitrogens is 2. The highest BCUT2D eigenvalue weighted by atomic mass is 35.5. The van der Waals surface area contributed by atoms with Gasteiger partial charge in [0.1, 0.15) is 0 Å². The van der Waals surface area contributed by atoms with E-state index in [9.17, 15) is 0 Å². The summed E-state index contributed by atoms with van der Waals surface area (Å²) in [5.74, 6) is 0. The highest BCUT2D eigenvalue weighted by Crippen LogP contribution is 2.27. The predicted molar refractivity (Wildman–Crippen MR) is 74.7 cm³/mol. The number of pyridine rings is 2. The number of nitrogens with zero attached hydrogens (tertiary/aromatic N) is 2. The first-order chi connectivity index (χ1) is 8.74. The molecule has 0 fully saturated rings. The Bertz CT molecular complexity index is 705. The topological polar surface area (TPSA) is 25.8 Å². The first kappa shape index (κ1) is 11.2. The van der Waals surface area contributed by atoms with Crippen molar-refractivity contribution in [2.75, 3.05) is 0 Å². The summed E-state index contributed by atoms with van der Waals surface area (Å²) in [7, 11) is 0. The molecule has 88 valence electrons. The molecular formula is C15H11ClN2. The van der Waals surface area contributed by atoms with Crippen LogP contribution in [0.25, 0.3) is 22.2 Å². The third-order valence-electron chi connectivity index (χ3n) is 2.87. The molecule has 0 bridgehead atoms. The molecule has 0 saturated carbocycles. The Hall–Kier alpha value is -1.93. The summed E-state index contributed by atoms with van der Waals surface area (Å²) >= 11 is 6.28. The standard InChI is InChI=1S/C15H11ClN2/c1-10-6-7-11(9-17-10)15-8-13(16)12-4-2-3-5-14(12)18-15/h2-9H,1H3. The molecule has 0 N–H and O–H groups in total. The average Bonchev–Trinajstić information content (AvgIpc) is 2.39. The van der Waals surface area contributed by atoms with Crippen molar-refractivity contribution in [3.8, 4) is 11.3 Å². The molecule has 18 heavy (non-hydrogen) atoms. The van der Waals surface area contributed by atoms with Gasteiger partial charge in [0, 0.05) is 22.8 Å². The van der Waals surface area contributed by atoms with Gasteiger partial charge in [0.2, 0.25) is 0 Å². The summed E-state index contributed by atoms with van der Waals surface area (Å²) in [4.78, 5) is 8.89. The van der Waals surface area contributed by atoms with Gasteiger partial charge in [0.15, 0.2) is 0 Å². The number of rotatable bonds is 1. The minimum Gasteiger partial charge on any atom is -0.261 e. The zero-order valence-electron chi connectivity index (χ0n) is 9.89. The van der Waals surface area contributed by atoms with Crippen LogP contribution in [-0.2, 0) is 0 Å². The maximum absolute atomic E-state index is 6.28. The molecule has 0 spiro atoms. The summed E-state index contributed by atoms with van der Waals surface area (Å²) in [6, 6.07) is 13.7. The van der Waals surface area contributed by atoms with Crippen molar-refractivity contribution < 1.29 is 0 Å². The Morgan fingerprint density at radius 3 is 2.67 bits per heavy atom. The van der Waals surface area contributed by atoms with E-state index in [1.54, 1.807) is 0 Å². The van der Waals surface area contributed by atoms with Gasteiger partial charge in [-0.2, -0.15) is 0 Å². The van der Waals surface area contributed by atoms with Gasteiger partial charge in [-0.05, 0) is 31.2 Å². The van der Waals surface area contributed by atoms with Crippen LogP contribution in [0.1, 0.15) is 5.69 Å². The van der Waals surface area contributed by atoms with Crippen molar-refractivity contribution in [1.82, 2.24) is 9.97 Å². The molecule has 0 saturated heterocycles. The number of hydrogen-bond acceptors (Lipinski definition) is 2. The first-order valence-electron chi connectivity index (χ1n) is 5.72. The largest absolute Gasteiger partial charge is 0.261 e. The van der Waals surface area contributed by atoms with Gasteiger partial charge in [0.25, 0.3) is 0 Å². The van der Waals surface area contributed by atoms with Crippen molar-refractivity contribution in [2.24, 2.45) is 0 Å². The molecule has 3 aromatic rings. The van der Waals surface area contributed by atoms with Gasteiger partial charge in [0.05, 0.1) is 16.2 Å². The summed E-state index contributed by atoms with van der Waals surface area (Å²) < 4.78 is 0. The highest BCUT2D eigenvalue weighted by Gasteiger charge is 2.05. The van der Waals surface area contributed by atoms with Crippen LogP contribution in [0.15, 0.2) is 48.7 Å². The fourth-order valence-corrected chi connectivity index (χ4v) is 2.16.